The summed E-state index contributed by atoms with van der Waals surface area (Å²) in [6.07, 6.45) is 0. The number of hydrogen-bond acceptors (Lipinski definition) is 6. The molecule has 4 aromatic rings. The molecule has 0 fully saturated rings. The van der Waals surface area contributed by atoms with E-state index in [1.165, 1.54) is 13.2 Å². The zero-order chi connectivity index (χ0) is 24.4. The third-order valence-electron chi connectivity index (χ3n) is 4.92. The number of aromatic nitrogens is 1. The van der Waals surface area contributed by atoms with Crippen molar-refractivity contribution in [3.05, 3.63) is 82.6 Å². The molecule has 0 unspecified atom stereocenters. The van der Waals surface area contributed by atoms with Gasteiger partial charge in [-0.3, -0.25) is 4.79 Å². The molecule has 1 amide bonds. The number of halogens is 3. The molecule has 0 bridgehead atoms. The second-order valence-electron chi connectivity index (χ2n) is 7.04. The van der Waals surface area contributed by atoms with Crippen LogP contribution in [0.3, 0.4) is 0 Å². The van der Waals surface area contributed by atoms with E-state index < -0.39 is 34.7 Å². The Balaban J connectivity index is 1.73. The Hall–Kier alpha value is -4.05. The van der Waals surface area contributed by atoms with Crippen molar-refractivity contribution in [3.8, 4) is 38.9 Å². The minimum Gasteiger partial charge on any atom is -0.504 e. The van der Waals surface area contributed by atoms with Crippen LogP contribution in [0.1, 0.15) is 15.4 Å². The fraction of sp³-hybridized carbons (Fsp3) is 0.0833. The highest BCUT2D eigenvalue weighted by Crippen LogP contribution is 2.42. The maximum Gasteiger partial charge on any atom is 0.254 e. The van der Waals surface area contributed by atoms with Crippen LogP contribution in [-0.2, 0) is 6.61 Å². The highest BCUT2D eigenvalue weighted by atomic mass is 32.1. The first-order valence-corrected chi connectivity index (χ1v) is 10.6. The van der Waals surface area contributed by atoms with Gasteiger partial charge in [-0.05, 0) is 48.5 Å². The average molecular weight is 486 g/mol. The fourth-order valence-corrected chi connectivity index (χ4v) is 4.29. The van der Waals surface area contributed by atoms with Crippen LogP contribution in [0.4, 0.5) is 13.2 Å². The van der Waals surface area contributed by atoms with Crippen molar-refractivity contribution < 1.29 is 32.5 Å². The molecular weight excluding hydrogens is 469 g/mol. The van der Waals surface area contributed by atoms with Crippen LogP contribution in [-0.4, -0.2) is 23.1 Å². The number of para-hydroxylation sites is 1. The van der Waals surface area contributed by atoms with Gasteiger partial charge in [-0.2, -0.15) is 0 Å². The number of carbonyl (C=O) groups excluding carboxylic acids is 1. The predicted molar refractivity (Wildman–Crippen MR) is 120 cm³/mol. The number of methoxy groups -OCH3 is 1. The van der Waals surface area contributed by atoms with E-state index in [0.717, 1.165) is 29.5 Å². The number of nitrogens with two attached hydrogens (primary N) is 1. The van der Waals surface area contributed by atoms with Gasteiger partial charge < -0.3 is 20.3 Å². The van der Waals surface area contributed by atoms with Gasteiger partial charge in [0.25, 0.3) is 5.91 Å². The van der Waals surface area contributed by atoms with Gasteiger partial charge >= 0.3 is 0 Å². The first-order chi connectivity index (χ1) is 16.3. The zero-order valence-electron chi connectivity index (χ0n) is 17.6. The molecule has 0 aliphatic rings. The molecule has 174 valence electrons. The number of amides is 1. The maximum absolute atomic E-state index is 14.5. The molecule has 0 aliphatic carbocycles. The monoisotopic (exact) mass is 486 g/mol. The second-order valence-corrected chi connectivity index (χ2v) is 8.12. The van der Waals surface area contributed by atoms with Crippen molar-refractivity contribution in [3.63, 3.8) is 0 Å². The lowest BCUT2D eigenvalue weighted by atomic mass is 10.1. The molecule has 10 heteroatoms. The number of hydrogen-bond donors (Lipinski definition) is 2. The Morgan fingerprint density at radius 2 is 1.79 bits per heavy atom. The van der Waals surface area contributed by atoms with E-state index in [0.29, 0.717) is 26.9 Å². The highest BCUT2D eigenvalue weighted by Gasteiger charge is 2.22. The van der Waals surface area contributed by atoms with Crippen molar-refractivity contribution in [1.29, 1.82) is 0 Å². The minimum atomic E-state index is -1.26. The van der Waals surface area contributed by atoms with E-state index in [1.54, 1.807) is 30.3 Å². The number of benzene rings is 3. The lowest BCUT2D eigenvalue weighted by molar-refractivity contribution is 0.0991. The van der Waals surface area contributed by atoms with Gasteiger partial charge in [-0.25, -0.2) is 18.2 Å². The van der Waals surface area contributed by atoms with Gasteiger partial charge in [0.05, 0.1) is 17.7 Å². The van der Waals surface area contributed by atoms with Crippen LogP contribution in [0.15, 0.2) is 54.6 Å². The summed E-state index contributed by atoms with van der Waals surface area (Å²) >= 11 is 1.10. The smallest absolute Gasteiger partial charge is 0.254 e. The van der Waals surface area contributed by atoms with Crippen LogP contribution >= 0.6 is 11.3 Å². The quantitative estimate of drug-likeness (QED) is 0.370. The molecule has 0 atom stereocenters. The molecule has 6 nitrogen and oxygen atoms in total. The van der Waals surface area contributed by atoms with Crippen molar-refractivity contribution in [2.45, 2.75) is 6.61 Å². The molecule has 34 heavy (non-hydrogen) atoms. The van der Waals surface area contributed by atoms with Crippen LogP contribution in [0, 0.1) is 17.5 Å². The standard InChI is InChI=1S/C24H17F3N2O4S/c1-32-13-7-5-12(6-8-13)21-23(14-3-2-4-16(26)22(14)30)34-18(29-21)11-33-17-10-9-15(25)19(20(17)27)24(28)31/h2-10,30H,11H2,1H3,(H2,28,31). The van der Waals surface area contributed by atoms with E-state index in [4.69, 9.17) is 15.2 Å². The molecule has 3 N–H and O–H groups in total. The van der Waals surface area contributed by atoms with E-state index >= 15 is 0 Å². The van der Waals surface area contributed by atoms with Gasteiger partial charge in [-0.15, -0.1) is 11.3 Å². The van der Waals surface area contributed by atoms with Gasteiger partial charge in [0, 0.05) is 11.1 Å². The van der Waals surface area contributed by atoms with Crippen molar-refractivity contribution >= 4 is 17.2 Å². The van der Waals surface area contributed by atoms with E-state index in [1.807, 2.05) is 0 Å². The van der Waals surface area contributed by atoms with E-state index in [2.05, 4.69) is 4.98 Å². The molecule has 1 aromatic heterocycles. The lowest BCUT2D eigenvalue weighted by Gasteiger charge is -2.08. The van der Waals surface area contributed by atoms with Crippen LogP contribution in [0.2, 0.25) is 0 Å². The van der Waals surface area contributed by atoms with Gasteiger partial charge in [0.15, 0.2) is 23.1 Å². The zero-order valence-corrected chi connectivity index (χ0v) is 18.5. The number of phenolic OH excluding ortho intramolecular Hbond substituents is 1. The van der Waals surface area contributed by atoms with Crippen LogP contribution < -0.4 is 15.2 Å². The Kier molecular flexibility index (Phi) is 6.42. The number of aromatic hydroxyl groups is 1. The summed E-state index contributed by atoms with van der Waals surface area (Å²) in [7, 11) is 1.53. The number of nitrogens with zero attached hydrogens (tertiary/aromatic N) is 1. The molecule has 0 radical (unpaired) electrons. The number of ether oxygens (including phenoxy) is 2. The number of phenols is 1. The topological polar surface area (TPSA) is 94.7 Å². The number of thiazole rings is 1. The maximum atomic E-state index is 14.5. The molecule has 1 heterocycles. The van der Waals surface area contributed by atoms with E-state index in [9.17, 15) is 23.1 Å². The number of carbonyl (C=O) groups is 1. The first-order valence-electron chi connectivity index (χ1n) is 9.82. The minimum absolute atomic E-state index is 0.221. The SMILES string of the molecule is COc1ccc(-c2nc(COc3ccc(F)c(C(N)=O)c3F)sc2-c2cccc(F)c2O)cc1. The van der Waals surface area contributed by atoms with Gasteiger partial charge in [-0.1, -0.05) is 6.07 Å². The summed E-state index contributed by atoms with van der Waals surface area (Å²) < 4.78 is 52.9. The van der Waals surface area contributed by atoms with Crippen molar-refractivity contribution in [2.24, 2.45) is 5.73 Å². The van der Waals surface area contributed by atoms with Gasteiger partial charge in [0.1, 0.15) is 28.7 Å². The molecule has 3 aromatic carbocycles. The van der Waals surface area contributed by atoms with Crippen molar-refractivity contribution in [2.75, 3.05) is 7.11 Å². The Morgan fingerprint density at radius 3 is 2.47 bits per heavy atom. The summed E-state index contributed by atoms with van der Waals surface area (Å²) in [5.74, 6) is -4.68. The van der Waals surface area contributed by atoms with Crippen molar-refractivity contribution in [1.82, 2.24) is 4.98 Å². The number of rotatable bonds is 7. The molecule has 0 aliphatic heterocycles. The second kappa shape index (κ2) is 9.44. The molecule has 0 saturated heterocycles. The van der Waals surface area contributed by atoms with Gasteiger partial charge in [0.2, 0.25) is 0 Å². The predicted octanol–water partition coefficient (Wildman–Crippen LogP) is 5.29. The summed E-state index contributed by atoms with van der Waals surface area (Å²) in [6.45, 7) is -0.245. The molecule has 0 saturated carbocycles. The molecule has 4 rings (SSSR count). The highest BCUT2D eigenvalue weighted by molar-refractivity contribution is 7.15. The normalized spacial score (nSPS) is 10.8. The Labute approximate surface area is 196 Å². The summed E-state index contributed by atoms with van der Waals surface area (Å²) in [5.41, 5.74) is 5.45. The average Bonchev–Trinajstić information content (AvgIpc) is 3.24. The molecule has 0 spiro atoms. The summed E-state index contributed by atoms with van der Waals surface area (Å²) in [5, 5.41) is 10.6. The fourth-order valence-electron chi connectivity index (χ4n) is 3.26. The summed E-state index contributed by atoms with van der Waals surface area (Å²) in [6, 6.07) is 13.0. The molecular formula is C24H17F3N2O4S. The van der Waals surface area contributed by atoms with Crippen LogP contribution in [0.25, 0.3) is 21.7 Å². The third-order valence-corrected chi connectivity index (χ3v) is 5.98. The van der Waals surface area contributed by atoms with Crippen LogP contribution in [0.5, 0.6) is 17.2 Å². The summed E-state index contributed by atoms with van der Waals surface area (Å²) in [4.78, 5) is 16.3. The Morgan fingerprint density at radius 1 is 1.06 bits per heavy atom. The van der Waals surface area contributed by atoms with E-state index in [-0.39, 0.29) is 17.9 Å². The Bertz CT molecular complexity index is 1370. The number of primary amides is 1. The first kappa shape index (κ1) is 23.1. The largest absolute Gasteiger partial charge is 0.504 e. The third kappa shape index (κ3) is 4.40. The lowest BCUT2D eigenvalue weighted by Crippen LogP contribution is -2.16.